The van der Waals surface area contributed by atoms with Gasteiger partial charge < -0.3 is 11.1 Å². The Morgan fingerprint density at radius 3 is 2.79 bits per heavy atom. The van der Waals surface area contributed by atoms with Crippen molar-refractivity contribution in [1.82, 2.24) is 24.8 Å². The van der Waals surface area contributed by atoms with Crippen molar-refractivity contribution in [3.05, 3.63) is 59.7 Å². The summed E-state index contributed by atoms with van der Waals surface area (Å²) in [5.41, 5.74) is 10.9. The lowest BCUT2D eigenvalue weighted by Gasteiger charge is -2.15. The van der Waals surface area contributed by atoms with Gasteiger partial charge in [-0.05, 0) is 49.6 Å². The first-order valence-electron chi connectivity index (χ1n) is 9.31. The van der Waals surface area contributed by atoms with Gasteiger partial charge in [-0.15, -0.1) is 5.10 Å². The lowest BCUT2D eigenvalue weighted by molar-refractivity contribution is 0.626. The zero-order chi connectivity index (χ0) is 19.3. The number of nitrogens with one attached hydrogen (secondary N) is 2. The lowest BCUT2D eigenvalue weighted by atomic mass is 10.1. The summed E-state index contributed by atoms with van der Waals surface area (Å²) in [7, 11) is 0. The lowest BCUT2D eigenvalue weighted by Crippen LogP contribution is -2.12. The standard InChI is InChI=1S/C20H20FN7/c1-11(12-4-6-14(21)7-5-12)23-20-24-19(22)18-15(8-9-28(18)27-20)17-10-16(25-26-17)13-2-3-13/h4-11,13H,2-3H2,1H3,(H,25,26)(H3,22,23,24,27)/t11-/m0/s1. The number of nitrogen functional groups attached to an aromatic ring is 1. The zero-order valence-electron chi connectivity index (χ0n) is 15.4. The van der Waals surface area contributed by atoms with Gasteiger partial charge in [0.1, 0.15) is 11.3 Å². The number of H-pyrrole nitrogens is 1. The summed E-state index contributed by atoms with van der Waals surface area (Å²) < 4.78 is 14.8. The molecule has 0 spiro atoms. The highest BCUT2D eigenvalue weighted by Crippen LogP contribution is 2.40. The van der Waals surface area contributed by atoms with Gasteiger partial charge in [-0.3, -0.25) is 5.10 Å². The Labute approximate surface area is 160 Å². The van der Waals surface area contributed by atoms with Crippen molar-refractivity contribution in [2.45, 2.75) is 31.7 Å². The van der Waals surface area contributed by atoms with Crippen LogP contribution in [0.1, 0.15) is 43.0 Å². The van der Waals surface area contributed by atoms with Crippen LogP contribution in [0.4, 0.5) is 16.2 Å². The summed E-state index contributed by atoms with van der Waals surface area (Å²) in [5.74, 6) is 1.11. The number of nitrogens with zero attached hydrogens (tertiary/aromatic N) is 4. The second-order valence-electron chi connectivity index (χ2n) is 7.24. The van der Waals surface area contributed by atoms with Crippen molar-refractivity contribution in [2.75, 3.05) is 11.1 Å². The highest BCUT2D eigenvalue weighted by Gasteiger charge is 2.26. The minimum Gasteiger partial charge on any atom is -0.382 e. The number of aromatic amines is 1. The van der Waals surface area contributed by atoms with Gasteiger partial charge in [0, 0.05) is 17.7 Å². The molecule has 1 saturated carbocycles. The van der Waals surface area contributed by atoms with Crippen LogP contribution in [0.2, 0.25) is 0 Å². The molecule has 0 amide bonds. The van der Waals surface area contributed by atoms with Crippen LogP contribution in [-0.4, -0.2) is 24.8 Å². The molecular weight excluding hydrogens is 357 g/mol. The molecule has 3 heterocycles. The molecule has 3 aromatic heterocycles. The molecule has 1 aromatic carbocycles. The fraction of sp³-hybridized carbons (Fsp3) is 0.250. The first kappa shape index (κ1) is 16.7. The van der Waals surface area contributed by atoms with Gasteiger partial charge in [-0.2, -0.15) is 10.1 Å². The fourth-order valence-corrected chi connectivity index (χ4v) is 3.42. The first-order chi connectivity index (χ1) is 13.6. The van der Waals surface area contributed by atoms with Crippen LogP contribution in [0, 0.1) is 5.82 Å². The van der Waals surface area contributed by atoms with E-state index < -0.39 is 0 Å². The Kier molecular flexibility index (Phi) is 3.78. The van der Waals surface area contributed by atoms with Gasteiger partial charge in [-0.1, -0.05) is 12.1 Å². The van der Waals surface area contributed by atoms with E-state index in [1.165, 1.54) is 25.0 Å². The maximum Gasteiger partial charge on any atom is 0.243 e. The zero-order valence-corrected chi connectivity index (χ0v) is 15.4. The number of halogens is 1. The predicted octanol–water partition coefficient (Wildman–Crippen LogP) is 3.89. The second kappa shape index (κ2) is 6.33. The van der Waals surface area contributed by atoms with E-state index >= 15 is 0 Å². The molecule has 1 aliphatic rings. The number of anilines is 2. The number of rotatable bonds is 5. The molecule has 5 rings (SSSR count). The highest BCUT2D eigenvalue weighted by molar-refractivity contribution is 5.86. The Morgan fingerprint density at radius 2 is 2.04 bits per heavy atom. The fourth-order valence-electron chi connectivity index (χ4n) is 3.42. The summed E-state index contributed by atoms with van der Waals surface area (Å²) in [4.78, 5) is 4.42. The van der Waals surface area contributed by atoms with E-state index in [0.29, 0.717) is 17.7 Å². The SMILES string of the molecule is C[C@H](Nc1nc(N)c2c(-c3cc(C4CC4)n[nH]3)ccn2n1)c1ccc(F)cc1. The number of hydrogen-bond donors (Lipinski definition) is 3. The molecule has 0 bridgehead atoms. The largest absolute Gasteiger partial charge is 0.382 e. The quantitative estimate of drug-likeness (QED) is 0.490. The molecule has 0 unspecified atom stereocenters. The Balaban J connectivity index is 1.45. The smallest absolute Gasteiger partial charge is 0.243 e. The molecule has 0 saturated heterocycles. The van der Waals surface area contributed by atoms with Gasteiger partial charge in [-0.25, -0.2) is 8.91 Å². The van der Waals surface area contributed by atoms with Crippen LogP contribution < -0.4 is 11.1 Å². The molecule has 7 nitrogen and oxygen atoms in total. The van der Waals surface area contributed by atoms with Gasteiger partial charge in [0.15, 0.2) is 5.82 Å². The van der Waals surface area contributed by atoms with E-state index in [2.05, 4.69) is 31.7 Å². The van der Waals surface area contributed by atoms with Crippen LogP contribution in [-0.2, 0) is 0 Å². The van der Waals surface area contributed by atoms with Crippen molar-refractivity contribution in [3.63, 3.8) is 0 Å². The third kappa shape index (κ3) is 2.96. The summed E-state index contributed by atoms with van der Waals surface area (Å²) in [6.07, 6.45) is 4.26. The van der Waals surface area contributed by atoms with Gasteiger partial charge in [0.2, 0.25) is 5.95 Å². The third-order valence-electron chi connectivity index (χ3n) is 5.14. The van der Waals surface area contributed by atoms with Crippen LogP contribution in [0.3, 0.4) is 0 Å². The molecule has 28 heavy (non-hydrogen) atoms. The van der Waals surface area contributed by atoms with Gasteiger partial charge >= 0.3 is 0 Å². The second-order valence-corrected chi connectivity index (χ2v) is 7.24. The van der Waals surface area contributed by atoms with Crippen LogP contribution in [0.25, 0.3) is 16.8 Å². The first-order valence-corrected chi connectivity index (χ1v) is 9.31. The molecule has 4 N–H and O–H groups in total. The van der Waals surface area contributed by atoms with Crippen LogP contribution in [0.15, 0.2) is 42.6 Å². The Morgan fingerprint density at radius 1 is 1.25 bits per heavy atom. The highest BCUT2D eigenvalue weighted by atomic mass is 19.1. The van der Waals surface area contributed by atoms with E-state index in [1.807, 2.05) is 19.2 Å². The van der Waals surface area contributed by atoms with Crippen molar-refractivity contribution >= 4 is 17.3 Å². The predicted molar refractivity (Wildman–Crippen MR) is 105 cm³/mol. The van der Waals surface area contributed by atoms with Crippen molar-refractivity contribution in [2.24, 2.45) is 0 Å². The van der Waals surface area contributed by atoms with Gasteiger partial charge in [0.05, 0.1) is 17.4 Å². The number of benzene rings is 1. The van der Waals surface area contributed by atoms with E-state index in [0.717, 1.165) is 28.0 Å². The van der Waals surface area contributed by atoms with Crippen molar-refractivity contribution in [1.29, 1.82) is 0 Å². The van der Waals surface area contributed by atoms with Gasteiger partial charge in [0.25, 0.3) is 0 Å². The normalized spacial score (nSPS) is 15.1. The maximum absolute atomic E-state index is 13.1. The molecule has 4 aromatic rings. The molecule has 1 aliphatic carbocycles. The van der Waals surface area contributed by atoms with E-state index in [4.69, 9.17) is 5.73 Å². The topological polar surface area (TPSA) is 96.9 Å². The summed E-state index contributed by atoms with van der Waals surface area (Å²) >= 11 is 0. The Bertz CT molecular complexity index is 1140. The summed E-state index contributed by atoms with van der Waals surface area (Å²) in [5, 5.41) is 15.3. The van der Waals surface area contributed by atoms with Crippen molar-refractivity contribution in [3.8, 4) is 11.3 Å². The summed E-state index contributed by atoms with van der Waals surface area (Å²) in [6.45, 7) is 1.96. The van der Waals surface area contributed by atoms with E-state index in [1.54, 1.807) is 16.6 Å². The molecule has 8 heteroatoms. The minimum atomic E-state index is -0.263. The van der Waals surface area contributed by atoms with Crippen molar-refractivity contribution < 1.29 is 4.39 Å². The van der Waals surface area contributed by atoms with E-state index in [-0.39, 0.29) is 11.9 Å². The molecule has 1 atom stereocenters. The minimum absolute atomic E-state index is 0.0961. The number of aromatic nitrogens is 5. The van der Waals surface area contributed by atoms with Crippen LogP contribution in [0.5, 0.6) is 0 Å². The molecule has 0 aliphatic heterocycles. The third-order valence-corrected chi connectivity index (χ3v) is 5.14. The van der Waals surface area contributed by atoms with Crippen LogP contribution >= 0.6 is 0 Å². The number of nitrogens with two attached hydrogens (primary N) is 1. The average molecular weight is 377 g/mol. The molecule has 142 valence electrons. The van der Waals surface area contributed by atoms with E-state index in [9.17, 15) is 4.39 Å². The average Bonchev–Trinajstić information content (AvgIpc) is 3.24. The number of fused-ring (bicyclic) bond motifs is 1. The summed E-state index contributed by atoms with van der Waals surface area (Å²) in [6, 6.07) is 10.3. The number of hydrogen-bond acceptors (Lipinski definition) is 5. The molecule has 0 radical (unpaired) electrons. The monoisotopic (exact) mass is 377 g/mol. The molecule has 1 fully saturated rings. The Hall–Kier alpha value is -3.42. The molecular formula is C20H20FN7. The maximum atomic E-state index is 13.1.